The van der Waals surface area contributed by atoms with E-state index in [4.69, 9.17) is 9.47 Å². The van der Waals surface area contributed by atoms with E-state index in [1.54, 1.807) is 7.11 Å². The molecule has 28 heavy (non-hydrogen) atoms. The van der Waals surface area contributed by atoms with Crippen molar-refractivity contribution >= 4 is 17.7 Å². The van der Waals surface area contributed by atoms with Crippen molar-refractivity contribution in [3.63, 3.8) is 0 Å². The van der Waals surface area contributed by atoms with Crippen molar-refractivity contribution in [1.29, 1.82) is 0 Å². The molecule has 1 aliphatic heterocycles. The smallest absolute Gasteiger partial charge is 0.230 e. The summed E-state index contributed by atoms with van der Waals surface area (Å²) in [5, 5.41) is 12.4. The lowest BCUT2D eigenvalue weighted by atomic mass is 10.2. The molecule has 0 spiro atoms. The van der Waals surface area contributed by atoms with Crippen LogP contribution in [0.25, 0.3) is 11.4 Å². The van der Waals surface area contributed by atoms with Crippen LogP contribution in [0.3, 0.4) is 0 Å². The van der Waals surface area contributed by atoms with Crippen molar-refractivity contribution in [3.8, 4) is 17.1 Å². The first-order valence-electron chi connectivity index (χ1n) is 9.65. The van der Waals surface area contributed by atoms with E-state index < -0.39 is 0 Å². The summed E-state index contributed by atoms with van der Waals surface area (Å²) >= 11 is 1.41. The quantitative estimate of drug-likeness (QED) is 0.648. The van der Waals surface area contributed by atoms with Gasteiger partial charge in [-0.1, -0.05) is 25.6 Å². The molecule has 3 rings (SSSR count). The molecule has 1 aliphatic rings. The number of hydrogen-bond donors (Lipinski definition) is 1. The van der Waals surface area contributed by atoms with E-state index in [0.29, 0.717) is 24.8 Å². The number of nitrogens with one attached hydrogen (secondary N) is 1. The van der Waals surface area contributed by atoms with E-state index in [-0.39, 0.29) is 12.0 Å². The Balaban J connectivity index is 1.76. The number of carbonyl (C=O) groups is 1. The minimum absolute atomic E-state index is 0.0105. The average Bonchev–Trinajstić information content (AvgIpc) is 3.35. The minimum Gasteiger partial charge on any atom is -0.497 e. The zero-order valence-electron chi connectivity index (χ0n) is 16.7. The molecule has 1 fully saturated rings. The molecule has 152 valence electrons. The molecule has 1 aromatic heterocycles. The summed E-state index contributed by atoms with van der Waals surface area (Å²) in [4.78, 5) is 12.1. The molecule has 1 amide bonds. The molecular formula is C20H28N4O3S. The summed E-state index contributed by atoms with van der Waals surface area (Å²) in [6.45, 7) is 6.31. The van der Waals surface area contributed by atoms with Crippen molar-refractivity contribution < 1.29 is 14.3 Å². The zero-order valence-corrected chi connectivity index (χ0v) is 17.5. The fourth-order valence-electron chi connectivity index (χ4n) is 3.00. The number of aromatic nitrogens is 3. The number of methoxy groups -OCH3 is 1. The van der Waals surface area contributed by atoms with Crippen LogP contribution in [-0.4, -0.2) is 52.8 Å². The third kappa shape index (κ3) is 5.48. The van der Waals surface area contributed by atoms with E-state index in [1.807, 2.05) is 24.3 Å². The Morgan fingerprint density at radius 2 is 2.14 bits per heavy atom. The van der Waals surface area contributed by atoms with Crippen molar-refractivity contribution in [1.82, 2.24) is 20.1 Å². The van der Waals surface area contributed by atoms with E-state index in [9.17, 15) is 4.79 Å². The molecule has 1 saturated heterocycles. The lowest BCUT2D eigenvalue weighted by molar-refractivity contribution is -0.118. The summed E-state index contributed by atoms with van der Waals surface area (Å²) in [7, 11) is 1.65. The maximum Gasteiger partial charge on any atom is 0.230 e. The fourth-order valence-corrected chi connectivity index (χ4v) is 3.78. The number of hydrogen-bond acceptors (Lipinski definition) is 6. The lowest BCUT2D eigenvalue weighted by Crippen LogP contribution is -2.29. The van der Waals surface area contributed by atoms with Gasteiger partial charge in [-0.05, 0) is 43.0 Å². The fraction of sp³-hybridized carbons (Fsp3) is 0.550. The molecule has 0 aliphatic carbocycles. The van der Waals surface area contributed by atoms with Gasteiger partial charge in [-0.15, -0.1) is 10.2 Å². The Labute approximate surface area is 170 Å². The van der Waals surface area contributed by atoms with Gasteiger partial charge in [0, 0.05) is 18.7 Å². The molecule has 2 heterocycles. The Hall–Kier alpha value is -2.06. The topological polar surface area (TPSA) is 78.3 Å². The van der Waals surface area contributed by atoms with Crippen molar-refractivity contribution in [2.75, 3.05) is 26.0 Å². The normalized spacial score (nSPS) is 16.5. The standard InChI is InChI=1S/C20H28N4O3S/c1-14(2)11-21-18(25)13-28-20-23-22-19(15-6-8-16(26-3)9-7-15)24(20)12-17-5-4-10-27-17/h6-9,14,17H,4-5,10-13H2,1-3H3,(H,21,25)/t17-/m0/s1. The van der Waals surface area contributed by atoms with Gasteiger partial charge < -0.3 is 14.8 Å². The maximum atomic E-state index is 12.1. The molecule has 7 nitrogen and oxygen atoms in total. The molecule has 1 aromatic carbocycles. The summed E-state index contributed by atoms with van der Waals surface area (Å²) in [6, 6.07) is 7.76. The number of carbonyl (C=O) groups excluding carboxylic acids is 1. The van der Waals surface area contributed by atoms with Crippen LogP contribution in [0.2, 0.25) is 0 Å². The van der Waals surface area contributed by atoms with E-state index in [0.717, 1.165) is 41.7 Å². The second-order valence-corrected chi connectivity index (χ2v) is 8.21. The van der Waals surface area contributed by atoms with Gasteiger partial charge in [0.05, 0.1) is 25.5 Å². The van der Waals surface area contributed by atoms with Crippen LogP contribution in [-0.2, 0) is 16.1 Å². The number of rotatable bonds is 9. The highest BCUT2D eigenvalue weighted by molar-refractivity contribution is 7.99. The number of nitrogens with zero attached hydrogens (tertiary/aromatic N) is 3. The van der Waals surface area contributed by atoms with Crippen molar-refractivity contribution in [2.45, 2.75) is 44.5 Å². The zero-order chi connectivity index (χ0) is 19.9. The third-order valence-corrected chi connectivity index (χ3v) is 5.48. The van der Waals surface area contributed by atoms with Crippen LogP contribution in [0.15, 0.2) is 29.4 Å². The molecule has 2 aromatic rings. The summed E-state index contributed by atoms with van der Waals surface area (Å²) in [5.41, 5.74) is 0.961. The van der Waals surface area contributed by atoms with Gasteiger partial charge in [0.15, 0.2) is 11.0 Å². The lowest BCUT2D eigenvalue weighted by Gasteiger charge is -2.15. The second-order valence-electron chi connectivity index (χ2n) is 7.27. The largest absolute Gasteiger partial charge is 0.497 e. The van der Waals surface area contributed by atoms with Gasteiger partial charge in [0.1, 0.15) is 5.75 Å². The first kappa shape index (κ1) is 20.7. The van der Waals surface area contributed by atoms with E-state index in [2.05, 4.69) is 33.9 Å². The summed E-state index contributed by atoms with van der Waals surface area (Å²) in [5.74, 6) is 2.34. The molecule has 1 N–H and O–H groups in total. The minimum atomic E-state index is 0.0105. The highest BCUT2D eigenvalue weighted by Gasteiger charge is 2.22. The molecule has 0 saturated carbocycles. The highest BCUT2D eigenvalue weighted by atomic mass is 32.2. The Kier molecular flexibility index (Phi) is 7.33. The third-order valence-electron chi connectivity index (χ3n) is 4.52. The van der Waals surface area contributed by atoms with Gasteiger partial charge in [-0.25, -0.2) is 0 Å². The number of amides is 1. The molecule has 8 heteroatoms. The molecule has 0 bridgehead atoms. The highest BCUT2D eigenvalue weighted by Crippen LogP contribution is 2.27. The monoisotopic (exact) mass is 404 g/mol. The van der Waals surface area contributed by atoms with Crippen LogP contribution < -0.4 is 10.1 Å². The summed E-state index contributed by atoms with van der Waals surface area (Å²) < 4.78 is 13.1. The average molecular weight is 405 g/mol. The number of ether oxygens (including phenoxy) is 2. The predicted molar refractivity (Wildman–Crippen MR) is 110 cm³/mol. The van der Waals surface area contributed by atoms with Crippen molar-refractivity contribution in [2.24, 2.45) is 5.92 Å². The second kappa shape index (κ2) is 9.93. The molecule has 0 unspecified atom stereocenters. The van der Waals surface area contributed by atoms with Gasteiger partial charge in [0.2, 0.25) is 5.91 Å². The van der Waals surface area contributed by atoms with E-state index in [1.165, 1.54) is 11.8 Å². The van der Waals surface area contributed by atoms with Crippen LogP contribution >= 0.6 is 11.8 Å². The van der Waals surface area contributed by atoms with Gasteiger partial charge in [-0.2, -0.15) is 0 Å². The molecular weight excluding hydrogens is 376 g/mol. The SMILES string of the molecule is COc1ccc(-c2nnc(SCC(=O)NCC(C)C)n2C[C@@H]2CCCO2)cc1. The predicted octanol–water partition coefficient (Wildman–Crippen LogP) is 3.00. The maximum absolute atomic E-state index is 12.1. The Morgan fingerprint density at radius 1 is 1.36 bits per heavy atom. The van der Waals surface area contributed by atoms with Crippen molar-refractivity contribution in [3.05, 3.63) is 24.3 Å². The Bertz CT molecular complexity index is 770. The van der Waals surface area contributed by atoms with Crippen LogP contribution in [0, 0.1) is 5.92 Å². The summed E-state index contributed by atoms with van der Waals surface area (Å²) in [6.07, 6.45) is 2.26. The molecule has 0 radical (unpaired) electrons. The van der Waals surface area contributed by atoms with Crippen LogP contribution in [0.4, 0.5) is 0 Å². The van der Waals surface area contributed by atoms with Crippen LogP contribution in [0.5, 0.6) is 5.75 Å². The first-order valence-corrected chi connectivity index (χ1v) is 10.6. The number of thioether (sulfide) groups is 1. The van der Waals surface area contributed by atoms with Gasteiger partial charge in [-0.3, -0.25) is 9.36 Å². The van der Waals surface area contributed by atoms with Gasteiger partial charge in [0.25, 0.3) is 0 Å². The number of benzene rings is 1. The Morgan fingerprint density at radius 3 is 2.79 bits per heavy atom. The van der Waals surface area contributed by atoms with E-state index >= 15 is 0 Å². The van der Waals surface area contributed by atoms with Gasteiger partial charge >= 0.3 is 0 Å². The first-order chi connectivity index (χ1) is 13.6. The molecule has 1 atom stereocenters. The van der Waals surface area contributed by atoms with Crippen LogP contribution in [0.1, 0.15) is 26.7 Å².